The van der Waals surface area contributed by atoms with Gasteiger partial charge in [0.25, 0.3) is 0 Å². The van der Waals surface area contributed by atoms with Gasteiger partial charge in [0.2, 0.25) is 5.91 Å². The third-order valence-electron chi connectivity index (χ3n) is 3.24. The Bertz CT molecular complexity index is 246. The van der Waals surface area contributed by atoms with Gasteiger partial charge in [0.1, 0.15) is 0 Å². The predicted octanol–water partition coefficient (Wildman–Crippen LogP) is 0.733. The summed E-state index contributed by atoms with van der Waals surface area (Å²) in [5.41, 5.74) is 5.57. The van der Waals surface area contributed by atoms with Crippen molar-refractivity contribution in [2.45, 2.75) is 51.7 Å². The maximum Gasteiger partial charge on any atom is 0.222 e. The van der Waals surface area contributed by atoms with Crippen molar-refractivity contribution in [1.82, 2.24) is 4.90 Å². The highest BCUT2D eigenvalue weighted by molar-refractivity contribution is 5.76. The van der Waals surface area contributed by atoms with Crippen LogP contribution in [0.3, 0.4) is 0 Å². The van der Waals surface area contributed by atoms with E-state index in [0.717, 1.165) is 13.0 Å². The van der Waals surface area contributed by atoms with E-state index in [-0.39, 0.29) is 23.5 Å². The first-order chi connectivity index (χ1) is 7.29. The number of aliphatic hydroxyl groups is 1. The highest BCUT2D eigenvalue weighted by Crippen LogP contribution is 2.21. The van der Waals surface area contributed by atoms with Crippen LogP contribution in [0, 0.1) is 5.92 Å². The van der Waals surface area contributed by atoms with Crippen molar-refractivity contribution in [3.8, 4) is 0 Å². The molecule has 3 N–H and O–H groups in total. The van der Waals surface area contributed by atoms with Crippen LogP contribution < -0.4 is 5.73 Å². The van der Waals surface area contributed by atoms with Crippen LogP contribution in [0.15, 0.2) is 0 Å². The number of likely N-dealkylation sites (tertiary alicyclic amines) is 1. The quantitative estimate of drug-likeness (QED) is 0.745. The van der Waals surface area contributed by atoms with Crippen molar-refractivity contribution in [2.75, 3.05) is 13.1 Å². The molecule has 1 aliphatic rings. The van der Waals surface area contributed by atoms with E-state index in [4.69, 9.17) is 5.73 Å². The van der Waals surface area contributed by atoms with Gasteiger partial charge in [-0.3, -0.25) is 4.79 Å². The number of rotatable bonds is 4. The molecular formula is C12H24N2O2. The monoisotopic (exact) mass is 228 g/mol. The van der Waals surface area contributed by atoms with Crippen molar-refractivity contribution in [2.24, 2.45) is 11.7 Å². The second-order valence-electron chi connectivity index (χ2n) is 5.62. The van der Waals surface area contributed by atoms with Crippen molar-refractivity contribution in [1.29, 1.82) is 0 Å². The zero-order chi connectivity index (χ0) is 12.3. The van der Waals surface area contributed by atoms with Crippen molar-refractivity contribution >= 4 is 5.91 Å². The average Bonchev–Trinajstić information content (AvgIpc) is 2.61. The second-order valence-corrected chi connectivity index (χ2v) is 5.62. The van der Waals surface area contributed by atoms with Gasteiger partial charge >= 0.3 is 0 Å². The van der Waals surface area contributed by atoms with Gasteiger partial charge in [-0.25, -0.2) is 0 Å². The first-order valence-electron chi connectivity index (χ1n) is 6.04. The molecule has 2 unspecified atom stereocenters. The van der Waals surface area contributed by atoms with Crippen molar-refractivity contribution in [3.63, 3.8) is 0 Å². The first-order valence-corrected chi connectivity index (χ1v) is 6.04. The Morgan fingerprint density at radius 1 is 1.62 bits per heavy atom. The Morgan fingerprint density at radius 2 is 2.25 bits per heavy atom. The summed E-state index contributed by atoms with van der Waals surface area (Å²) in [7, 11) is 0. The molecule has 2 atom stereocenters. The number of hydrogen-bond donors (Lipinski definition) is 2. The third kappa shape index (κ3) is 4.10. The summed E-state index contributed by atoms with van der Waals surface area (Å²) in [6, 6.07) is 0. The Hall–Kier alpha value is -0.610. The van der Waals surface area contributed by atoms with E-state index in [1.807, 2.05) is 18.7 Å². The smallest absolute Gasteiger partial charge is 0.222 e. The molecule has 16 heavy (non-hydrogen) atoms. The number of amides is 1. The van der Waals surface area contributed by atoms with Crippen LogP contribution >= 0.6 is 0 Å². The van der Waals surface area contributed by atoms with E-state index in [9.17, 15) is 9.90 Å². The molecule has 0 aromatic heterocycles. The fourth-order valence-electron chi connectivity index (χ4n) is 1.99. The molecule has 0 spiro atoms. The molecule has 0 bridgehead atoms. The summed E-state index contributed by atoms with van der Waals surface area (Å²) in [6.45, 7) is 7.13. The van der Waals surface area contributed by atoms with E-state index < -0.39 is 0 Å². The third-order valence-corrected chi connectivity index (χ3v) is 3.24. The van der Waals surface area contributed by atoms with Gasteiger partial charge in [-0.05, 0) is 33.6 Å². The highest BCUT2D eigenvalue weighted by atomic mass is 16.3. The number of nitrogens with zero attached hydrogens (tertiary/aromatic N) is 1. The minimum absolute atomic E-state index is 0.168. The number of aliphatic hydroxyl groups excluding tert-OH is 1. The topological polar surface area (TPSA) is 66.6 Å². The molecule has 0 aromatic rings. The van der Waals surface area contributed by atoms with Gasteiger partial charge in [-0.1, -0.05) is 0 Å². The minimum atomic E-state index is -0.316. The summed E-state index contributed by atoms with van der Waals surface area (Å²) >= 11 is 0. The van der Waals surface area contributed by atoms with Gasteiger partial charge in [-0.15, -0.1) is 0 Å². The SMILES string of the molecule is CC(O)C1CCN(C(=O)CCC(C)(C)N)C1. The lowest BCUT2D eigenvalue weighted by atomic mass is 10.00. The Morgan fingerprint density at radius 3 is 2.69 bits per heavy atom. The lowest BCUT2D eigenvalue weighted by Crippen LogP contribution is -2.36. The summed E-state index contributed by atoms with van der Waals surface area (Å²) in [6.07, 6.45) is 1.82. The van der Waals surface area contributed by atoms with Crippen LogP contribution in [0.1, 0.15) is 40.0 Å². The van der Waals surface area contributed by atoms with E-state index >= 15 is 0 Å². The fraction of sp³-hybridized carbons (Fsp3) is 0.917. The summed E-state index contributed by atoms with van der Waals surface area (Å²) in [4.78, 5) is 13.7. The van der Waals surface area contributed by atoms with Crippen LogP contribution in [0.5, 0.6) is 0 Å². The summed E-state index contributed by atoms with van der Waals surface area (Å²) < 4.78 is 0. The van der Waals surface area contributed by atoms with Gasteiger partial charge < -0.3 is 15.7 Å². The number of carbonyl (C=O) groups is 1. The van der Waals surface area contributed by atoms with Crippen LogP contribution in [0.25, 0.3) is 0 Å². The lowest BCUT2D eigenvalue weighted by Gasteiger charge is -2.21. The molecule has 4 nitrogen and oxygen atoms in total. The molecule has 0 aromatic carbocycles. The van der Waals surface area contributed by atoms with Crippen molar-refractivity contribution < 1.29 is 9.90 Å². The van der Waals surface area contributed by atoms with Crippen LogP contribution in [0.2, 0.25) is 0 Å². The molecule has 0 radical (unpaired) electrons. The number of hydrogen-bond acceptors (Lipinski definition) is 3. The highest BCUT2D eigenvalue weighted by Gasteiger charge is 2.29. The van der Waals surface area contributed by atoms with E-state index in [2.05, 4.69) is 0 Å². The molecule has 0 saturated carbocycles. The Labute approximate surface area is 97.8 Å². The van der Waals surface area contributed by atoms with E-state index in [1.54, 1.807) is 6.92 Å². The van der Waals surface area contributed by atoms with Crippen LogP contribution in [0.4, 0.5) is 0 Å². The summed E-state index contributed by atoms with van der Waals surface area (Å²) in [5, 5.41) is 9.45. The van der Waals surface area contributed by atoms with Gasteiger partial charge in [0, 0.05) is 31.0 Å². The van der Waals surface area contributed by atoms with Crippen LogP contribution in [-0.4, -0.2) is 40.6 Å². The van der Waals surface area contributed by atoms with Gasteiger partial charge in [0.15, 0.2) is 0 Å². The molecule has 1 fully saturated rings. The molecule has 1 heterocycles. The van der Waals surface area contributed by atoms with Crippen LogP contribution in [-0.2, 0) is 4.79 Å². The minimum Gasteiger partial charge on any atom is -0.393 e. The molecule has 4 heteroatoms. The standard InChI is InChI=1S/C12H24N2O2/c1-9(15)10-5-7-14(8-10)11(16)4-6-12(2,3)13/h9-10,15H,4-8,13H2,1-3H3. The maximum atomic E-state index is 11.8. The van der Waals surface area contributed by atoms with Gasteiger partial charge in [0.05, 0.1) is 6.10 Å². The zero-order valence-electron chi connectivity index (χ0n) is 10.6. The average molecular weight is 228 g/mol. The second kappa shape index (κ2) is 5.15. The molecule has 0 aliphatic carbocycles. The molecule has 1 saturated heterocycles. The molecular weight excluding hydrogens is 204 g/mol. The zero-order valence-corrected chi connectivity index (χ0v) is 10.6. The van der Waals surface area contributed by atoms with Crippen molar-refractivity contribution in [3.05, 3.63) is 0 Å². The van der Waals surface area contributed by atoms with Gasteiger partial charge in [-0.2, -0.15) is 0 Å². The molecule has 1 aliphatic heterocycles. The largest absolute Gasteiger partial charge is 0.393 e. The molecule has 1 amide bonds. The predicted molar refractivity (Wildman–Crippen MR) is 63.9 cm³/mol. The Balaban J connectivity index is 2.34. The number of carbonyl (C=O) groups excluding carboxylic acids is 1. The molecule has 1 rings (SSSR count). The van der Waals surface area contributed by atoms with E-state index in [1.165, 1.54) is 0 Å². The summed E-state index contributed by atoms with van der Waals surface area (Å²) in [5.74, 6) is 0.413. The normalized spacial score (nSPS) is 23.6. The first kappa shape index (κ1) is 13.5. The number of nitrogens with two attached hydrogens (primary N) is 1. The van der Waals surface area contributed by atoms with E-state index in [0.29, 0.717) is 19.4 Å². The molecule has 94 valence electrons. The maximum absolute atomic E-state index is 11.8. The fourth-order valence-corrected chi connectivity index (χ4v) is 1.99. The lowest BCUT2D eigenvalue weighted by molar-refractivity contribution is -0.130. The Kier molecular flexibility index (Phi) is 4.33.